The number of hydrogen-bond donors (Lipinski definition) is 1. The lowest BCUT2D eigenvalue weighted by Crippen LogP contribution is -2.43. The van der Waals surface area contributed by atoms with Gasteiger partial charge in [-0.15, -0.1) is 0 Å². The second kappa shape index (κ2) is 7.95. The van der Waals surface area contributed by atoms with Crippen LogP contribution in [0.4, 0.5) is 10.5 Å². The average Bonchev–Trinajstić information content (AvgIpc) is 2.62. The summed E-state index contributed by atoms with van der Waals surface area (Å²) in [5, 5.41) is 2.88. The first-order valence-electron chi connectivity index (χ1n) is 8.52. The van der Waals surface area contributed by atoms with Crippen LogP contribution in [0.3, 0.4) is 0 Å². The highest BCUT2D eigenvalue weighted by Crippen LogP contribution is 2.20. The van der Waals surface area contributed by atoms with E-state index in [1.54, 1.807) is 49.3 Å². The molecule has 26 heavy (non-hydrogen) atoms. The second-order valence-electron chi connectivity index (χ2n) is 6.19. The molecular formula is C19H22N2O5. The maximum Gasteiger partial charge on any atom is 0.339 e. The minimum absolute atomic E-state index is 0.0266. The molecule has 1 fully saturated rings. The fourth-order valence-corrected chi connectivity index (χ4v) is 2.89. The third-order valence-corrected chi connectivity index (χ3v) is 4.24. The highest BCUT2D eigenvalue weighted by Gasteiger charge is 2.24. The zero-order valence-corrected chi connectivity index (χ0v) is 14.9. The lowest BCUT2D eigenvalue weighted by atomic mass is 10.1. The van der Waals surface area contributed by atoms with Crippen LogP contribution in [0.2, 0.25) is 0 Å². The summed E-state index contributed by atoms with van der Waals surface area (Å²) in [5.74, 6) is 1.77. The number of rotatable bonds is 4. The van der Waals surface area contributed by atoms with Crippen LogP contribution in [-0.4, -0.2) is 37.2 Å². The number of nitrogens with one attached hydrogen (secondary N) is 1. The largest absolute Gasteiger partial charge is 0.497 e. The Morgan fingerprint density at radius 3 is 2.46 bits per heavy atom. The predicted molar refractivity (Wildman–Crippen MR) is 97.0 cm³/mol. The molecule has 1 aliphatic heterocycles. The Morgan fingerprint density at radius 2 is 1.85 bits per heavy atom. The van der Waals surface area contributed by atoms with E-state index in [2.05, 4.69) is 5.32 Å². The molecular weight excluding hydrogens is 336 g/mol. The first-order chi connectivity index (χ1) is 12.5. The van der Waals surface area contributed by atoms with Crippen molar-refractivity contribution in [2.45, 2.75) is 25.9 Å². The molecule has 7 nitrogen and oxygen atoms in total. The van der Waals surface area contributed by atoms with Gasteiger partial charge >= 0.3 is 11.7 Å². The topological polar surface area (TPSA) is 81.0 Å². The fourth-order valence-electron chi connectivity index (χ4n) is 2.89. The summed E-state index contributed by atoms with van der Waals surface area (Å²) in [6.07, 6.45) is 1.38. The SMILES string of the molecule is COc1ccc(NC(=O)N2CCC(Oc3cc(C)oc(=O)c3)CC2)cc1. The number of methoxy groups -OCH3 is 1. The number of nitrogens with zero attached hydrogens (tertiary/aromatic N) is 1. The van der Waals surface area contributed by atoms with E-state index in [0.29, 0.717) is 37.4 Å². The lowest BCUT2D eigenvalue weighted by Gasteiger charge is -2.32. The van der Waals surface area contributed by atoms with Gasteiger partial charge in [0.15, 0.2) is 0 Å². The molecule has 1 N–H and O–H groups in total. The van der Waals surface area contributed by atoms with Crippen molar-refractivity contribution in [1.82, 2.24) is 4.90 Å². The van der Waals surface area contributed by atoms with E-state index in [0.717, 1.165) is 11.4 Å². The molecule has 2 aromatic rings. The number of amides is 2. The van der Waals surface area contributed by atoms with Gasteiger partial charge in [-0.05, 0) is 31.2 Å². The van der Waals surface area contributed by atoms with Crippen molar-refractivity contribution in [1.29, 1.82) is 0 Å². The number of aryl methyl sites for hydroxylation is 1. The minimum Gasteiger partial charge on any atom is -0.497 e. The number of carbonyl (C=O) groups is 1. The van der Waals surface area contributed by atoms with Gasteiger partial charge in [0.05, 0.1) is 13.2 Å². The summed E-state index contributed by atoms with van der Waals surface area (Å²) < 4.78 is 15.9. The lowest BCUT2D eigenvalue weighted by molar-refractivity contribution is 0.115. The Kier molecular flexibility index (Phi) is 5.46. The Hall–Kier alpha value is -2.96. The van der Waals surface area contributed by atoms with Gasteiger partial charge < -0.3 is 24.1 Å². The Labute approximate surface area is 151 Å². The average molecular weight is 358 g/mol. The summed E-state index contributed by atoms with van der Waals surface area (Å²) in [6, 6.07) is 10.1. The Morgan fingerprint density at radius 1 is 1.15 bits per heavy atom. The van der Waals surface area contributed by atoms with Crippen molar-refractivity contribution in [3.8, 4) is 11.5 Å². The molecule has 0 saturated carbocycles. The summed E-state index contributed by atoms with van der Waals surface area (Å²) in [6.45, 7) is 2.89. The van der Waals surface area contributed by atoms with E-state index >= 15 is 0 Å². The van der Waals surface area contributed by atoms with Crippen LogP contribution in [0.25, 0.3) is 0 Å². The van der Waals surface area contributed by atoms with Gasteiger partial charge in [0.2, 0.25) is 0 Å². The summed E-state index contributed by atoms with van der Waals surface area (Å²) in [5.41, 5.74) is 0.303. The van der Waals surface area contributed by atoms with Crippen LogP contribution in [-0.2, 0) is 0 Å². The first-order valence-corrected chi connectivity index (χ1v) is 8.52. The van der Waals surface area contributed by atoms with Crippen molar-refractivity contribution in [2.75, 3.05) is 25.5 Å². The van der Waals surface area contributed by atoms with Crippen molar-refractivity contribution in [3.63, 3.8) is 0 Å². The molecule has 1 aromatic heterocycles. The van der Waals surface area contributed by atoms with Gasteiger partial charge in [-0.25, -0.2) is 9.59 Å². The zero-order chi connectivity index (χ0) is 18.5. The molecule has 2 amide bonds. The minimum atomic E-state index is -0.420. The molecule has 0 atom stereocenters. The monoisotopic (exact) mass is 358 g/mol. The molecule has 2 heterocycles. The fraction of sp³-hybridized carbons (Fsp3) is 0.368. The zero-order valence-electron chi connectivity index (χ0n) is 14.9. The van der Waals surface area contributed by atoms with Crippen LogP contribution < -0.4 is 20.4 Å². The number of carbonyl (C=O) groups excluding carboxylic acids is 1. The highest BCUT2D eigenvalue weighted by molar-refractivity contribution is 5.89. The van der Waals surface area contributed by atoms with Gasteiger partial charge in [0.1, 0.15) is 23.4 Å². The molecule has 1 saturated heterocycles. The van der Waals surface area contributed by atoms with Crippen molar-refractivity contribution >= 4 is 11.7 Å². The smallest absolute Gasteiger partial charge is 0.339 e. The van der Waals surface area contributed by atoms with E-state index in [-0.39, 0.29) is 12.1 Å². The van der Waals surface area contributed by atoms with E-state index in [9.17, 15) is 9.59 Å². The molecule has 0 spiro atoms. The number of anilines is 1. The molecule has 3 rings (SSSR count). The molecule has 0 bridgehead atoms. The van der Waals surface area contributed by atoms with Gasteiger partial charge in [0, 0.05) is 37.7 Å². The van der Waals surface area contributed by atoms with Gasteiger partial charge in [-0.2, -0.15) is 0 Å². The summed E-state index contributed by atoms with van der Waals surface area (Å²) in [4.78, 5) is 25.5. The van der Waals surface area contributed by atoms with E-state index in [4.69, 9.17) is 13.9 Å². The van der Waals surface area contributed by atoms with Crippen LogP contribution in [0.1, 0.15) is 18.6 Å². The normalized spacial score (nSPS) is 14.8. The number of piperidine rings is 1. The number of likely N-dealkylation sites (tertiary alicyclic amines) is 1. The van der Waals surface area contributed by atoms with E-state index in [1.165, 1.54) is 6.07 Å². The van der Waals surface area contributed by atoms with Crippen molar-refractivity contribution < 1.29 is 18.7 Å². The maximum atomic E-state index is 12.4. The molecule has 0 radical (unpaired) electrons. The molecule has 1 aliphatic rings. The van der Waals surface area contributed by atoms with Crippen LogP contribution >= 0.6 is 0 Å². The quantitative estimate of drug-likeness (QED) is 0.909. The molecule has 138 valence electrons. The van der Waals surface area contributed by atoms with Crippen molar-refractivity contribution in [3.05, 3.63) is 52.6 Å². The number of ether oxygens (including phenoxy) is 2. The van der Waals surface area contributed by atoms with Crippen molar-refractivity contribution in [2.24, 2.45) is 0 Å². The second-order valence-corrected chi connectivity index (χ2v) is 6.19. The maximum absolute atomic E-state index is 12.4. The molecule has 1 aromatic carbocycles. The van der Waals surface area contributed by atoms with Gasteiger partial charge in [0.25, 0.3) is 0 Å². The molecule has 7 heteroatoms. The van der Waals surface area contributed by atoms with Crippen LogP contribution in [0.15, 0.2) is 45.6 Å². The van der Waals surface area contributed by atoms with Crippen LogP contribution in [0.5, 0.6) is 11.5 Å². The highest BCUT2D eigenvalue weighted by atomic mass is 16.5. The van der Waals surface area contributed by atoms with Gasteiger partial charge in [-0.3, -0.25) is 0 Å². The summed E-state index contributed by atoms with van der Waals surface area (Å²) in [7, 11) is 1.60. The Balaban J connectivity index is 1.50. The number of hydrogen-bond acceptors (Lipinski definition) is 5. The third-order valence-electron chi connectivity index (χ3n) is 4.24. The van der Waals surface area contributed by atoms with Gasteiger partial charge in [-0.1, -0.05) is 0 Å². The van der Waals surface area contributed by atoms with E-state index < -0.39 is 5.63 Å². The standard InChI is InChI=1S/C19H22N2O5/c1-13-11-17(12-18(22)25-13)26-16-7-9-21(10-8-16)19(23)20-14-3-5-15(24-2)6-4-14/h3-6,11-12,16H,7-10H2,1-2H3,(H,20,23). The number of urea groups is 1. The van der Waals surface area contributed by atoms with E-state index in [1.807, 2.05) is 0 Å². The molecule has 0 aliphatic carbocycles. The summed E-state index contributed by atoms with van der Waals surface area (Å²) >= 11 is 0. The van der Waals surface area contributed by atoms with Crippen LogP contribution in [0, 0.1) is 6.92 Å². The number of benzene rings is 1. The Bertz CT molecular complexity index is 807. The first kappa shape index (κ1) is 17.8. The predicted octanol–water partition coefficient (Wildman–Crippen LogP) is 3.03. The molecule has 0 unspecified atom stereocenters. The third kappa shape index (κ3) is 4.56.